The number of hydrogen-bond acceptors (Lipinski definition) is 5. The lowest BCUT2D eigenvalue weighted by atomic mass is 10.1. The second-order valence-electron chi connectivity index (χ2n) is 6.71. The summed E-state index contributed by atoms with van der Waals surface area (Å²) >= 11 is 1.35. The molecule has 3 aromatic rings. The fourth-order valence-electron chi connectivity index (χ4n) is 3.23. The summed E-state index contributed by atoms with van der Waals surface area (Å²) in [6.45, 7) is 8.45. The van der Waals surface area contributed by atoms with Gasteiger partial charge in [-0.15, -0.1) is 16.8 Å². The van der Waals surface area contributed by atoms with Crippen molar-refractivity contribution < 1.29 is 9.53 Å². The second-order valence-corrected chi connectivity index (χ2v) is 7.65. The minimum atomic E-state index is -0.0732. The van der Waals surface area contributed by atoms with Crippen LogP contribution < -0.4 is 10.1 Å². The number of benzene rings is 2. The maximum absolute atomic E-state index is 12.6. The molecule has 1 heterocycles. The summed E-state index contributed by atoms with van der Waals surface area (Å²) in [6, 6.07) is 13.7. The van der Waals surface area contributed by atoms with Crippen LogP contribution in [0.2, 0.25) is 0 Å². The summed E-state index contributed by atoms with van der Waals surface area (Å²) in [5.74, 6) is 1.56. The summed E-state index contributed by atoms with van der Waals surface area (Å²) in [5, 5.41) is 12.4. The lowest BCUT2D eigenvalue weighted by molar-refractivity contribution is -0.113. The summed E-state index contributed by atoms with van der Waals surface area (Å²) < 4.78 is 7.40. The molecule has 0 radical (unpaired) electrons. The highest BCUT2D eigenvalue weighted by molar-refractivity contribution is 7.99. The molecule has 156 valence electrons. The van der Waals surface area contributed by atoms with Gasteiger partial charge in [-0.3, -0.25) is 9.36 Å². The van der Waals surface area contributed by atoms with Crippen molar-refractivity contribution in [3.8, 4) is 17.1 Å². The number of hydrogen-bond donors (Lipinski definition) is 1. The normalized spacial score (nSPS) is 10.6. The molecule has 1 N–H and O–H groups in total. The van der Waals surface area contributed by atoms with E-state index in [0.29, 0.717) is 17.5 Å². The van der Waals surface area contributed by atoms with Gasteiger partial charge in [-0.05, 0) is 36.6 Å². The molecule has 0 atom stereocenters. The van der Waals surface area contributed by atoms with Crippen LogP contribution in [0, 0.1) is 6.92 Å². The van der Waals surface area contributed by atoms with E-state index in [9.17, 15) is 4.79 Å². The highest BCUT2D eigenvalue weighted by Gasteiger charge is 2.18. The number of amides is 1. The monoisotopic (exact) mass is 422 g/mol. The lowest BCUT2D eigenvalue weighted by Gasteiger charge is -2.13. The Kier molecular flexibility index (Phi) is 7.30. The van der Waals surface area contributed by atoms with E-state index in [1.165, 1.54) is 11.8 Å². The van der Waals surface area contributed by atoms with Gasteiger partial charge in [0.1, 0.15) is 5.75 Å². The Bertz CT molecular complexity index is 1050. The first-order chi connectivity index (χ1) is 14.6. The SMILES string of the molecule is C=CCn1c(SCC(=O)Nc2c(C)cccc2CC)nnc1-c1ccccc1OC. The van der Waals surface area contributed by atoms with E-state index < -0.39 is 0 Å². The zero-order valence-electron chi connectivity index (χ0n) is 17.5. The van der Waals surface area contributed by atoms with Gasteiger partial charge in [0.05, 0.1) is 18.4 Å². The number of allylic oxidation sites excluding steroid dienone is 1. The molecule has 0 saturated heterocycles. The molecule has 3 rings (SSSR count). The fourth-order valence-corrected chi connectivity index (χ4v) is 3.97. The number of rotatable bonds is 9. The Labute approximate surface area is 181 Å². The molecule has 0 aliphatic carbocycles. The number of aromatic nitrogens is 3. The lowest BCUT2D eigenvalue weighted by Crippen LogP contribution is -2.16. The van der Waals surface area contributed by atoms with E-state index in [1.54, 1.807) is 13.2 Å². The first-order valence-electron chi connectivity index (χ1n) is 9.77. The Hall–Kier alpha value is -3.06. The van der Waals surface area contributed by atoms with Crippen molar-refractivity contribution in [2.24, 2.45) is 0 Å². The van der Waals surface area contributed by atoms with Crippen molar-refractivity contribution in [1.82, 2.24) is 14.8 Å². The zero-order chi connectivity index (χ0) is 21.5. The number of anilines is 1. The van der Waals surface area contributed by atoms with Crippen molar-refractivity contribution in [3.05, 3.63) is 66.2 Å². The summed E-state index contributed by atoms with van der Waals surface area (Å²) in [7, 11) is 1.63. The maximum Gasteiger partial charge on any atom is 0.234 e. The summed E-state index contributed by atoms with van der Waals surface area (Å²) in [4.78, 5) is 12.6. The number of carbonyl (C=O) groups is 1. The first-order valence-corrected chi connectivity index (χ1v) is 10.8. The van der Waals surface area contributed by atoms with Gasteiger partial charge in [0, 0.05) is 12.2 Å². The average molecular weight is 423 g/mol. The Morgan fingerprint density at radius 2 is 2.03 bits per heavy atom. The number of ether oxygens (including phenoxy) is 1. The van der Waals surface area contributed by atoms with Crippen molar-refractivity contribution >= 4 is 23.4 Å². The van der Waals surface area contributed by atoms with E-state index in [2.05, 4.69) is 29.0 Å². The minimum absolute atomic E-state index is 0.0732. The third-order valence-corrected chi connectivity index (χ3v) is 5.68. The Morgan fingerprint density at radius 1 is 1.23 bits per heavy atom. The van der Waals surface area contributed by atoms with Crippen molar-refractivity contribution in [1.29, 1.82) is 0 Å². The molecule has 0 saturated carbocycles. The zero-order valence-corrected chi connectivity index (χ0v) is 18.3. The predicted molar refractivity (Wildman–Crippen MR) is 122 cm³/mol. The van der Waals surface area contributed by atoms with Crippen LogP contribution in [0.5, 0.6) is 5.75 Å². The molecule has 0 unspecified atom stereocenters. The Morgan fingerprint density at radius 3 is 2.77 bits per heavy atom. The predicted octanol–water partition coefficient (Wildman–Crippen LogP) is 4.74. The molecule has 2 aromatic carbocycles. The first kappa shape index (κ1) is 21.6. The standard InChI is InChI=1S/C23H26N4O2S/c1-5-14-27-22(18-12-7-8-13-19(18)29-4)25-26-23(27)30-15-20(28)24-21-16(3)10-9-11-17(21)6-2/h5,7-13H,1,6,14-15H2,2-4H3,(H,24,28). The minimum Gasteiger partial charge on any atom is -0.496 e. The van der Waals surface area contributed by atoms with Crippen LogP contribution in [0.1, 0.15) is 18.1 Å². The second kappa shape index (κ2) is 10.1. The van der Waals surface area contributed by atoms with Gasteiger partial charge in [-0.1, -0.05) is 55.1 Å². The van der Waals surface area contributed by atoms with Crippen LogP contribution in [0.15, 0.2) is 60.3 Å². The van der Waals surface area contributed by atoms with Crippen LogP contribution in [0.25, 0.3) is 11.4 Å². The molecule has 0 bridgehead atoms. The molecule has 7 heteroatoms. The molecule has 0 spiro atoms. The third kappa shape index (κ3) is 4.74. The smallest absolute Gasteiger partial charge is 0.234 e. The number of methoxy groups -OCH3 is 1. The molecule has 0 aliphatic heterocycles. The van der Waals surface area contributed by atoms with E-state index in [-0.39, 0.29) is 11.7 Å². The highest BCUT2D eigenvalue weighted by atomic mass is 32.2. The van der Waals surface area contributed by atoms with Gasteiger partial charge < -0.3 is 10.1 Å². The van der Waals surface area contributed by atoms with Gasteiger partial charge in [-0.25, -0.2) is 0 Å². The van der Waals surface area contributed by atoms with Gasteiger partial charge >= 0.3 is 0 Å². The van der Waals surface area contributed by atoms with Crippen LogP contribution in [0.3, 0.4) is 0 Å². The van der Waals surface area contributed by atoms with E-state index >= 15 is 0 Å². The van der Waals surface area contributed by atoms with Gasteiger partial charge in [-0.2, -0.15) is 0 Å². The largest absolute Gasteiger partial charge is 0.496 e. The van der Waals surface area contributed by atoms with E-state index in [1.807, 2.05) is 54.0 Å². The quantitative estimate of drug-likeness (QED) is 0.398. The molecule has 1 aromatic heterocycles. The molecule has 6 nitrogen and oxygen atoms in total. The number of aryl methyl sites for hydroxylation is 2. The molecule has 1 amide bonds. The van der Waals surface area contributed by atoms with Gasteiger partial charge in [0.2, 0.25) is 5.91 Å². The number of nitrogens with zero attached hydrogens (tertiary/aromatic N) is 3. The van der Waals surface area contributed by atoms with Gasteiger partial charge in [0.25, 0.3) is 0 Å². The van der Waals surface area contributed by atoms with Crippen LogP contribution >= 0.6 is 11.8 Å². The molecule has 30 heavy (non-hydrogen) atoms. The molecule has 0 fully saturated rings. The average Bonchev–Trinajstić information content (AvgIpc) is 3.16. The van der Waals surface area contributed by atoms with Crippen molar-refractivity contribution in [3.63, 3.8) is 0 Å². The number of nitrogens with one attached hydrogen (secondary N) is 1. The topological polar surface area (TPSA) is 69.0 Å². The molecular formula is C23H26N4O2S. The number of carbonyl (C=O) groups excluding carboxylic acids is 1. The van der Waals surface area contributed by atoms with Crippen LogP contribution in [-0.2, 0) is 17.8 Å². The van der Waals surface area contributed by atoms with Gasteiger partial charge in [0.15, 0.2) is 11.0 Å². The number of thioether (sulfide) groups is 1. The Balaban J connectivity index is 1.78. The fraction of sp³-hybridized carbons (Fsp3) is 0.261. The summed E-state index contributed by atoms with van der Waals surface area (Å²) in [5.41, 5.74) is 3.92. The summed E-state index contributed by atoms with van der Waals surface area (Å²) in [6.07, 6.45) is 2.65. The maximum atomic E-state index is 12.6. The van der Waals surface area contributed by atoms with Crippen molar-refractivity contribution in [2.45, 2.75) is 32.0 Å². The highest BCUT2D eigenvalue weighted by Crippen LogP contribution is 2.31. The molecular weight excluding hydrogens is 396 g/mol. The van der Waals surface area contributed by atoms with E-state index in [0.717, 1.165) is 34.5 Å². The van der Waals surface area contributed by atoms with Crippen LogP contribution in [0.4, 0.5) is 5.69 Å². The van der Waals surface area contributed by atoms with E-state index in [4.69, 9.17) is 4.74 Å². The van der Waals surface area contributed by atoms with Crippen LogP contribution in [-0.4, -0.2) is 33.5 Å². The number of para-hydroxylation sites is 2. The van der Waals surface area contributed by atoms with Crippen molar-refractivity contribution in [2.75, 3.05) is 18.2 Å². The third-order valence-electron chi connectivity index (χ3n) is 4.71. The molecule has 0 aliphatic rings.